The summed E-state index contributed by atoms with van der Waals surface area (Å²) in [7, 11) is 1.03. The first-order valence-electron chi connectivity index (χ1n) is 4.61. The highest BCUT2D eigenvalue weighted by Gasteiger charge is 2.38. The van der Waals surface area contributed by atoms with Crippen molar-refractivity contribution in [3.8, 4) is 11.8 Å². The summed E-state index contributed by atoms with van der Waals surface area (Å²) in [6.45, 7) is 0. The Hall–Kier alpha value is -1.91. The molecule has 0 aliphatic heterocycles. The summed E-state index contributed by atoms with van der Waals surface area (Å²) in [4.78, 5) is 2.86. The molecule has 0 unspecified atom stereocenters. The number of hydrogen-bond acceptors (Lipinski definition) is 3. The SMILES string of the molecule is COc1cc(C(F)F)nc(C(F)(F)F)c1CC#N. The van der Waals surface area contributed by atoms with Gasteiger partial charge in [0.2, 0.25) is 0 Å². The molecule has 1 aromatic heterocycles. The molecule has 0 atom stereocenters. The minimum atomic E-state index is -4.93. The number of nitriles is 1. The summed E-state index contributed by atoms with van der Waals surface area (Å²) in [5, 5.41) is 8.46. The van der Waals surface area contributed by atoms with Gasteiger partial charge in [-0.2, -0.15) is 18.4 Å². The zero-order valence-electron chi connectivity index (χ0n) is 9.05. The minimum Gasteiger partial charge on any atom is -0.496 e. The fourth-order valence-electron chi connectivity index (χ4n) is 1.35. The van der Waals surface area contributed by atoms with Gasteiger partial charge in [0.15, 0.2) is 5.69 Å². The van der Waals surface area contributed by atoms with E-state index in [-0.39, 0.29) is 0 Å². The normalized spacial score (nSPS) is 11.4. The van der Waals surface area contributed by atoms with Gasteiger partial charge >= 0.3 is 6.18 Å². The van der Waals surface area contributed by atoms with Gasteiger partial charge in [-0.1, -0.05) is 0 Å². The van der Waals surface area contributed by atoms with Crippen LogP contribution in [0.25, 0.3) is 0 Å². The number of ether oxygens (including phenoxy) is 1. The van der Waals surface area contributed by atoms with E-state index in [0.717, 1.165) is 7.11 Å². The number of hydrogen-bond donors (Lipinski definition) is 0. The van der Waals surface area contributed by atoms with E-state index in [9.17, 15) is 22.0 Å². The number of rotatable bonds is 3. The van der Waals surface area contributed by atoms with Crippen molar-refractivity contribution in [3.63, 3.8) is 0 Å². The maximum atomic E-state index is 12.7. The highest BCUT2D eigenvalue weighted by molar-refractivity contribution is 5.41. The smallest absolute Gasteiger partial charge is 0.433 e. The van der Waals surface area contributed by atoms with Crippen molar-refractivity contribution in [2.45, 2.75) is 19.0 Å². The molecule has 0 N–H and O–H groups in total. The van der Waals surface area contributed by atoms with Crippen molar-refractivity contribution in [1.29, 1.82) is 5.26 Å². The number of pyridine rings is 1. The second kappa shape index (κ2) is 5.16. The molecule has 98 valence electrons. The van der Waals surface area contributed by atoms with Crippen molar-refractivity contribution in [2.24, 2.45) is 0 Å². The Bertz CT molecular complexity index is 478. The second-order valence-corrected chi connectivity index (χ2v) is 3.21. The summed E-state index contributed by atoms with van der Waals surface area (Å²) in [5.41, 5.74) is -3.10. The lowest BCUT2D eigenvalue weighted by molar-refractivity contribution is -0.142. The van der Waals surface area contributed by atoms with Crippen molar-refractivity contribution in [1.82, 2.24) is 4.98 Å². The van der Waals surface area contributed by atoms with Crippen LogP contribution in [0.4, 0.5) is 22.0 Å². The van der Waals surface area contributed by atoms with E-state index >= 15 is 0 Å². The molecule has 1 heterocycles. The standard InChI is InChI=1S/C10H7F5N2O/c1-18-7-4-6(9(11)12)17-8(10(13,14)15)5(7)2-3-16/h4,9H,2H2,1H3. The van der Waals surface area contributed by atoms with Crippen molar-refractivity contribution in [2.75, 3.05) is 7.11 Å². The quantitative estimate of drug-likeness (QED) is 0.789. The Kier molecular flexibility index (Phi) is 4.06. The van der Waals surface area contributed by atoms with Gasteiger partial charge in [0.25, 0.3) is 6.43 Å². The van der Waals surface area contributed by atoms with Gasteiger partial charge in [-0.05, 0) is 0 Å². The van der Waals surface area contributed by atoms with Gasteiger partial charge in [0.05, 0.1) is 19.6 Å². The molecule has 1 aromatic rings. The van der Waals surface area contributed by atoms with Crippen LogP contribution in [0.3, 0.4) is 0 Å². The molecule has 0 saturated carbocycles. The van der Waals surface area contributed by atoms with Crippen LogP contribution in [0.15, 0.2) is 6.07 Å². The highest BCUT2D eigenvalue weighted by atomic mass is 19.4. The molecule has 0 amide bonds. The highest BCUT2D eigenvalue weighted by Crippen LogP contribution is 2.37. The molecular weight excluding hydrogens is 259 g/mol. The molecule has 0 spiro atoms. The molecule has 0 aliphatic carbocycles. The van der Waals surface area contributed by atoms with E-state index in [1.54, 1.807) is 0 Å². The number of alkyl halides is 5. The van der Waals surface area contributed by atoms with Crippen molar-refractivity contribution < 1.29 is 26.7 Å². The predicted molar refractivity (Wildman–Crippen MR) is 50.1 cm³/mol. The maximum absolute atomic E-state index is 12.7. The van der Waals surface area contributed by atoms with Gasteiger partial charge < -0.3 is 4.74 Å². The zero-order valence-corrected chi connectivity index (χ0v) is 9.05. The Labute approximate surface area is 98.8 Å². The van der Waals surface area contributed by atoms with E-state index in [2.05, 4.69) is 9.72 Å². The molecule has 0 fully saturated rings. The fraction of sp³-hybridized carbons (Fsp3) is 0.400. The number of aromatic nitrogens is 1. The van der Waals surface area contributed by atoms with E-state index in [1.807, 2.05) is 0 Å². The molecule has 0 radical (unpaired) electrons. The van der Waals surface area contributed by atoms with Crippen molar-refractivity contribution >= 4 is 0 Å². The fourth-order valence-corrected chi connectivity index (χ4v) is 1.35. The first-order valence-corrected chi connectivity index (χ1v) is 4.61. The Morgan fingerprint density at radius 2 is 2.06 bits per heavy atom. The summed E-state index contributed by atoms with van der Waals surface area (Å²) < 4.78 is 67.4. The van der Waals surface area contributed by atoms with Crippen LogP contribution in [0.5, 0.6) is 5.75 Å². The largest absolute Gasteiger partial charge is 0.496 e. The maximum Gasteiger partial charge on any atom is 0.433 e. The lowest BCUT2D eigenvalue weighted by atomic mass is 10.1. The summed E-state index contributed by atoms with van der Waals surface area (Å²) in [6.07, 6.45) is -8.71. The van der Waals surface area contributed by atoms with Crippen LogP contribution >= 0.6 is 0 Å². The lowest BCUT2D eigenvalue weighted by Crippen LogP contribution is -2.15. The van der Waals surface area contributed by atoms with Gasteiger partial charge in [0.1, 0.15) is 11.4 Å². The van der Waals surface area contributed by atoms with E-state index in [1.165, 1.54) is 6.07 Å². The van der Waals surface area contributed by atoms with E-state index in [4.69, 9.17) is 5.26 Å². The minimum absolute atomic E-state index is 0.422. The second-order valence-electron chi connectivity index (χ2n) is 3.21. The van der Waals surface area contributed by atoms with Gasteiger partial charge in [-0.15, -0.1) is 0 Å². The summed E-state index contributed by atoms with van der Waals surface area (Å²) in [6, 6.07) is 2.21. The Morgan fingerprint density at radius 3 is 2.44 bits per heavy atom. The van der Waals surface area contributed by atoms with Gasteiger partial charge in [-0.25, -0.2) is 13.8 Å². The van der Waals surface area contributed by atoms with Gasteiger partial charge in [0, 0.05) is 11.6 Å². The van der Waals surface area contributed by atoms with E-state index in [0.29, 0.717) is 6.07 Å². The van der Waals surface area contributed by atoms with Crippen LogP contribution in [0.1, 0.15) is 23.4 Å². The first-order chi connectivity index (χ1) is 8.31. The third-order valence-corrected chi connectivity index (χ3v) is 2.07. The molecule has 0 aromatic carbocycles. The lowest BCUT2D eigenvalue weighted by Gasteiger charge is -2.15. The van der Waals surface area contributed by atoms with Gasteiger partial charge in [-0.3, -0.25) is 0 Å². The third kappa shape index (κ3) is 2.85. The molecular formula is C10H7F5N2O. The Morgan fingerprint density at radius 1 is 1.44 bits per heavy atom. The average Bonchev–Trinajstić information content (AvgIpc) is 2.27. The molecule has 0 aliphatic rings. The third-order valence-electron chi connectivity index (χ3n) is 2.07. The number of halogens is 5. The topological polar surface area (TPSA) is 45.9 Å². The number of nitrogens with zero attached hydrogens (tertiary/aromatic N) is 2. The monoisotopic (exact) mass is 266 g/mol. The molecule has 0 saturated heterocycles. The summed E-state index contributed by atoms with van der Waals surface area (Å²) in [5.74, 6) is -0.422. The van der Waals surface area contributed by atoms with Crippen LogP contribution in [-0.4, -0.2) is 12.1 Å². The van der Waals surface area contributed by atoms with E-state index < -0.39 is 41.7 Å². The molecule has 0 bridgehead atoms. The molecule has 8 heteroatoms. The zero-order chi connectivity index (χ0) is 13.9. The van der Waals surface area contributed by atoms with Crippen LogP contribution in [-0.2, 0) is 12.6 Å². The molecule has 1 rings (SSSR count). The average molecular weight is 266 g/mol. The van der Waals surface area contributed by atoms with Crippen LogP contribution in [0, 0.1) is 11.3 Å². The molecule has 18 heavy (non-hydrogen) atoms. The van der Waals surface area contributed by atoms with Crippen molar-refractivity contribution in [3.05, 3.63) is 23.0 Å². The predicted octanol–water partition coefficient (Wildman–Crippen LogP) is 3.11. The summed E-state index contributed by atoms with van der Waals surface area (Å²) >= 11 is 0. The number of methoxy groups -OCH3 is 1. The first kappa shape index (κ1) is 14.2. The Balaban J connectivity index is 3.53. The van der Waals surface area contributed by atoms with Crippen LogP contribution < -0.4 is 4.74 Å². The molecule has 3 nitrogen and oxygen atoms in total. The van der Waals surface area contributed by atoms with Crippen LogP contribution in [0.2, 0.25) is 0 Å².